The van der Waals surface area contributed by atoms with Crippen LogP contribution in [0.3, 0.4) is 0 Å². The van der Waals surface area contributed by atoms with E-state index in [2.05, 4.69) is 19.9 Å². The Balaban J connectivity index is 1.27. The molecule has 0 unspecified atom stereocenters. The number of aromatic amines is 1. The van der Waals surface area contributed by atoms with E-state index in [1.807, 2.05) is 0 Å². The number of amides is 1. The third-order valence-corrected chi connectivity index (χ3v) is 7.75. The molecular formula is C22H20ClN7O4S. The molecule has 13 heteroatoms. The van der Waals surface area contributed by atoms with E-state index in [1.165, 1.54) is 16.7 Å². The summed E-state index contributed by atoms with van der Waals surface area (Å²) in [6, 6.07) is 9.91. The number of aromatic nitrogens is 5. The van der Waals surface area contributed by atoms with Crippen LogP contribution in [0.5, 0.6) is 0 Å². The Morgan fingerprint density at radius 3 is 2.54 bits per heavy atom. The molecule has 3 aromatic heterocycles. The first-order valence-electron chi connectivity index (χ1n) is 10.7. The number of halogens is 1. The van der Waals surface area contributed by atoms with Crippen LogP contribution in [0.2, 0.25) is 5.02 Å². The van der Waals surface area contributed by atoms with Crippen LogP contribution in [-0.2, 0) is 10.0 Å². The number of hydrogen-bond acceptors (Lipinski definition) is 7. The van der Waals surface area contributed by atoms with Crippen molar-refractivity contribution < 1.29 is 17.9 Å². The van der Waals surface area contributed by atoms with Crippen molar-refractivity contribution >= 4 is 38.6 Å². The van der Waals surface area contributed by atoms with Crippen LogP contribution in [-0.4, -0.2) is 69.6 Å². The molecule has 4 heterocycles. The number of carbonyl (C=O) groups excluding carboxylic acids is 1. The summed E-state index contributed by atoms with van der Waals surface area (Å²) >= 11 is 5.97. The number of carbonyl (C=O) groups is 1. The summed E-state index contributed by atoms with van der Waals surface area (Å²) in [7, 11) is -3.87. The van der Waals surface area contributed by atoms with E-state index >= 15 is 0 Å². The van der Waals surface area contributed by atoms with Gasteiger partial charge in [-0.2, -0.15) is 9.04 Å². The highest BCUT2D eigenvalue weighted by atomic mass is 35.5. The molecule has 11 nitrogen and oxygen atoms in total. The summed E-state index contributed by atoms with van der Waals surface area (Å²) in [5, 5.41) is 12.5. The van der Waals surface area contributed by atoms with E-state index in [4.69, 9.17) is 11.6 Å². The largest absolute Gasteiger partial charge is 0.618 e. The van der Waals surface area contributed by atoms with Crippen LogP contribution < -0.4 is 4.73 Å². The van der Waals surface area contributed by atoms with Gasteiger partial charge in [0.1, 0.15) is 0 Å². The Hall–Kier alpha value is -3.61. The third kappa shape index (κ3) is 4.31. The van der Waals surface area contributed by atoms with E-state index in [1.54, 1.807) is 48.2 Å². The quantitative estimate of drug-likeness (QED) is 0.324. The van der Waals surface area contributed by atoms with Gasteiger partial charge in [-0.15, -0.1) is 0 Å². The molecule has 0 atom stereocenters. The highest BCUT2D eigenvalue weighted by molar-refractivity contribution is 7.89. The number of pyridine rings is 1. The zero-order chi connectivity index (χ0) is 24.7. The number of rotatable bonds is 4. The van der Waals surface area contributed by atoms with Gasteiger partial charge >= 0.3 is 0 Å². The Morgan fingerprint density at radius 2 is 1.83 bits per heavy atom. The molecule has 0 bridgehead atoms. The molecule has 4 aromatic rings. The fourth-order valence-corrected chi connectivity index (χ4v) is 5.37. The summed E-state index contributed by atoms with van der Waals surface area (Å²) in [6.45, 7) is 2.31. The second-order valence-electron chi connectivity index (χ2n) is 8.04. The second kappa shape index (κ2) is 8.87. The molecule has 0 radical (unpaired) electrons. The van der Waals surface area contributed by atoms with Crippen LogP contribution in [0, 0.1) is 12.1 Å². The Labute approximate surface area is 205 Å². The van der Waals surface area contributed by atoms with Gasteiger partial charge in [-0.05, 0) is 24.3 Å². The fourth-order valence-electron chi connectivity index (χ4n) is 3.86. The maximum absolute atomic E-state index is 13.1. The summed E-state index contributed by atoms with van der Waals surface area (Å²) in [5.41, 5.74) is 2.07. The summed E-state index contributed by atoms with van der Waals surface area (Å²) < 4.78 is 28.1. The Morgan fingerprint density at radius 1 is 1.11 bits per heavy atom. The van der Waals surface area contributed by atoms with Gasteiger partial charge in [0, 0.05) is 62.7 Å². The Bertz CT molecular complexity index is 1530. The lowest BCUT2D eigenvalue weighted by Gasteiger charge is -2.33. The van der Waals surface area contributed by atoms with Gasteiger partial charge in [-0.25, -0.2) is 23.4 Å². The number of benzene rings is 1. The van der Waals surface area contributed by atoms with E-state index in [9.17, 15) is 18.4 Å². The van der Waals surface area contributed by atoms with Crippen molar-refractivity contribution in [2.75, 3.05) is 26.2 Å². The van der Waals surface area contributed by atoms with Crippen LogP contribution >= 0.6 is 11.6 Å². The lowest BCUT2D eigenvalue weighted by molar-refractivity contribution is -0.601. The molecule has 1 aromatic carbocycles. The molecular weight excluding hydrogens is 494 g/mol. The minimum Gasteiger partial charge on any atom is -0.618 e. The fraction of sp³-hybridized carbons (Fsp3) is 0.227. The first-order chi connectivity index (χ1) is 16.7. The van der Waals surface area contributed by atoms with E-state index in [0.29, 0.717) is 21.7 Å². The topological polar surface area (TPSA) is 139 Å². The number of nitrogens with zero attached hydrogens (tertiary/aromatic N) is 6. The van der Waals surface area contributed by atoms with Gasteiger partial charge in [0.05, 0.1) is 16.6 Å². The van der Waals surface area contributed by atoms with Crippen LogP contribution in [0.4, 0.5) is 0 Å². The zero-order valence-electron chi connectivity index (χ0n) is 18.5. The average Bonchev–Trinajstić information content (AvgIpc) is 3.30. The monoisotopic (exact) mass is 513 g/mol. The first-order valence-corrected chi connectivity index (χ1v) is 12.5. The van der Waals surface area contributed by atoms with E-state index in [0.717, 1.165) is 4.73 Å². The molecule has 180 valence electrons. The predicted octanol–water partition coefficient (Wildman–Crippen LogP) is 1.76. The molecule has 1 N–H and O–H groups in total. The molecule has 35 heavy (non-hydrogen) atoms. The van der Waals surface area contributed by atoms with Crippen LogP contribution in [0.1, 0.15) is 16.1 Å². The van der Waals surface area contributed by atoms with Gasteiger partial charge in [0.15, 0.2) is 5.69 Å². The summed E-state index contributed by atoms with van der Waals surface area (Å²) in [6.07, 6.45) is 2.74. The molecule has 1 amide bonds. The maximum Gasteiger partial charge on any atom is 0.276 e. The molecule has 0 aliphatic carbocycles. The lowest BCUT2D eigenvalue weighted by atomic mass is 10.2. The number of H-pyrrole nitrogens is 1. The maximum atomic E-state index is 13.1. The van der Waals surface area contributed by atoms with Crippen molar-refractivity contribution in [1.82, 2.24) is 29.1 Å². The molecule has 1 aliphatic rings. The molecule has 0 saturated carbocycles. The summed E-state index contributed by atoms with van der Waals surface area (Å²) in [4.78, 5) is 29.8. The van der Waals surface area contributed by atoms with Crippen molar-refractivity contribution in [3.05, 3.63) is 70.3 Å². The molecule has 1 aliphatic heterocycles. The first kappa shape index (κ1) is 23.1. The number of imidazole rings is 1. The molecule has 0 spiro atoms. The summed E-state index contributed by atoms with van der Waals surface area (Å²) in [5.74, 6) is -0.102. The van der Waals surface area contributed by atoms with Crippen molar-refractivity contribution in [3.8, 4) is 11.5 Å². The van der Waals surface area contributed by atoms with Gasteiger partial charge in [-0.3, -0.25) is 4.79 Å². The van der Waals surface area contributed by atoms with Gasteiger partial charge in [-0.1, -0.05) is 11.6 Å². The molecule has 1 fully saturated rings. The number of piperazine rings is 1. The number of aryl methyl sites for hydroxylation is 1. The third-order valence-electron chi connectivity index (χ3n) is 5.79. The highest BCUT2D eigenvalue weighted by Gasteiger charge is 2.32. The van der Waals surface area contributed by atoms with Crippen molar-refractivity contribution in [1.29, 1.82) is 0 Å². The standard InChI is InChI=1S/C22H20ClN7O4S/c1-14-3-2-4-19(30(14)32)20-24-12-15(13-25-20)21(31)28-7-9-29(10-8-28)35(33,34)22-26-17-6-5-16(23)11-18(17)27-22/h2-6,11-13H,7-10H2,1H3,(H,26,27). The van der Waals surface area contributed by atoms with E-state index < -0.39 is 10.0 Å². The average molecular weight is 514 g/mol. The van der Waals surface area contributed by atoms with Crippen LogP contribution in [0.15, 0.2) is 53.9 Å². The number of nitrogens with one attached hydrogen (secondary N) is 1. The van der Waals surface area contributed by atoms with Crippen molar-refractivity contribution in [2.24, 2.45) is 0 Å². The van der Waals surface area contributed by atoms with Crippen LogP contribution in [0.25, 0.3) is 22.6 Å². The highest BCUT2D eigenvalue weighted by Crippen LogP contribution is 2.22. The SMILES string of the molecule is Cc1cccc(-c2ncc(C(=O)N3CCN(S(=O)(=O)c4nc5ccc(Cl)cc5[nH]4)CC3)cn2)[n+]1[O-]. The van der Waals surface area contributed by atoms with Crippen molar-refractivity contribution in [2.45, 2.75) is 12.1 Å². The predicted molar refractivity (Wildman–Crippen MR) is 127 cm³/mol. The van der Waals surface area contributed by atoms with Gasteiger partial charge in [0.25, 0.3) is 21.6 Å². The van der Waals surface area contributed by atoms with Gasteiger partial charge < -0.3 is 15.1 Å². The lowest BCUT2D eigenvalue weighted by Crippen LogP contribution is -2.50. The van der Waals surface area contributed by atoms with E-state index in [-0.39, 0.29) is 54.3 Å². The number of fused-ring (bicyclic) bond motifs is 1. The Kier molecular flexibility index (Phi) is 5.87. The zero-order valence-corrected chi connectivity index (χ0v) is 20.1. The minimum absolute atomic E-state index is 0.115. The molecule has 5 rings (SSSR count). The normalized spacial score (nSPS) is 15.0. The minimum atomic E-state index is -3.87. The van der Waals surface area contributed by atoms with Crippen molar-refractivity contribution in [3.63, 3.8) is 0 Å². The smallest absolute Gasteiger partial charge is 0.276 e. The number of sulfonamides is 1. The molecule has 1 saturated heterocycles. The second-order valence-corrected chi connectivity index (χ2v) is 10.3. The van der Waals surface area contributed by atoms with Gasteiger partial charge in [0.2, 0.25) is 11.0 Å². The number of hydrogen-bond donors (Lipinski definition) is 1.